The summed E-state index contributed by atoms with van der Waals surface area (Å²) in [5.74, 6) is 0. The van der Waals surface area contributed by atoms with E-state index < -0.39 is 0 Å². The second-order valence-corrected chi connectivity index (χ2v) is 0. The molecule has 0 rings (SSSR count). The molecule has 0 amide bonds. The molecule has 0 N–H and O–H groups in total. The zero-order valence-electron chi connectivity index (χ0n) is 1.00. The van der Waals surface area contributed by atoms with Crippen molar-refractivity contribution in [3.05, 3.63) is 0 Å². The third-order valence-electron chi connectivity index (χ3n) is 0. The molecule has 0 aliphatic carbocycles. The number of hydrogen-bond donors (Lipinski definition) is 0. The fourth-order valence-electron chi connectivity index (χ4n) is 0. The van der Waals surface area contributed by atoms with Crippen molar-refractivity contribution in [1.82, 2.24) is 0 Å². The van der Waals surface area contributed by atoms with Crippen LogP contribution in [0.1, 0.15) is 0 Å². The maximum atomic E-state index is 0. The van der Waals surface area contributed by atoms with Crippen LogP contribution in [0.5, 0.6) is 0 Å². The van der Waals surface area contributed by atoms with Gasteiger partial charge in [-0.2, -0.15) is 0 Å². The minimum atomic E-state index is 0. The van der Waals surface area contributed by atoms with E-state index in [9.17, 15) is 0 Å². The Balaban J connectivity index is 0. The maximum absolute atomic E-state index is 0. The van der Waals surface area contributed by atoms with Gasteiger partial charge in [-0.25, -0.2) is 0 Å². The van der Waals surface area contributed by atoms with Gasteiger partial charge in [-0.05, 0) is 0 Å². The monoisotopic (exact) mass is 270 g/mol. The molecule has 4 heavy (non-hydrogen) atoms. The van der Waals surface area contributed by atoms with E-state index >= 15 is 0 Å². The standard InChI is InChI=1S/Ca.Sr.Ti.Zr.4H. The van der Waals surface area contributed by atoms with Crippen molar-refractivity contribution in [3.8, 4) is 0 Å². The van der Waals surface area contributed by atoms with Crippen LogP contribution in [0.3, 0.4) is 0 Å². The third-order valence-corrected chi connectivity index (χ3v) is 0. The SMILES string of the molecule is [CaH2].[SrH2].[Ti].[Zr]. The molecule has 16 valence electrons. The quantitative estimate of drug-likeness (QED) is 0.454. The third kappa shape index (κ3) is 9.60. The summed E-state index contributed by atoms with van der Waals surface area (Å²) in [7, 11) is 0. The predicted molar refractivity (Wildman–Crippen MR) is 17.1 cm³/mol. The van der Waals surface area contributed by atoms with E-state index in [1.165, 1.54) is 0 Å². The zero-order valence-corrected chi connectivity index (χ0v) is 5.02. The topological polar surface area (TPSA) is 0 Å². The Morgan fingerprint density at radius 2 is 1.00 bits per heavy atom. The van der Waals surface area contributed by atoms with Gasteiger partial charge in [0.1, 0.15) is 0 Å². The molecule has 0 aromatic heterocycles. The molecule has 0 nitrogen and oxygen atoms in total. The van der Waals surface area contributed by atoms with Crippen LogP contribution >= 0.6 is 0 Å². The molecule has 0 saturated carbocycles. The maximum Gasteiger partial charge on any atom is 0 e. The molecule has 0 aromatic rings. The minimum Gasteiger partial charge on any atom is 0 e. The molecule has 0 aliphatic heterocycles. The zero-order chi connectivity index (χ0) is 0. The van der Waals surface area contributed by atoms with Gasteiger partial charge in [-0.3, -0.25) is 0 Å². The van der Waals surface area contributed by atoms with Crippen molar-refractivity contribution in [2.75, 3.05) is 0 Å². The van der Waals surface area contributed by atoms with Gasteiger partial charge in [0, 0.05) is 47.9 Å². The molecule has 0 spiro atoms. The summed E-state index contributed by atoms with van der Waals surface area (Å²) in [5, 5.41) is 0. The van der Waals surface area contributed by atoms with Crippen LogP contribution in [0.2, 0.25) is 0 Å². The summed E-state index contributed by atoms with van der Waals surface area (Å²) in [6, 6.07) is 0. The average Bonchev–Trinajstić information content (AvgIpc) is 0. The van der Waals surface area contributed by atoms with Crippen LogP contribution in [-0.2, 0) is 47.9 Å². The smallest absolute Gasteiger partial charge is 0 e. The molecule has 0 fully saturated rings. The van der Waals surface area contributed by atoms with E-state index in [1.54, 1.807) is 0 Å². The molecular weight excluding hydrogens is 267 g/mol. The van der Waals surface area contributed by atoms with E-state index in [0.717, 1.165) is 0 Å². The van der Waals surface area contributed by atoms with Crippen LogP contribution in [0, 0.1) is 0 Å². The summed E-state index contributed by atoms with van der Waals surface area (Å²) in [6.45, 7) is 0. The fourth-order valence-corrected chi connectivity index (χ4v) is 0. The molecule has 0 unspecified atom stereocenters. The Bertz CT molecular complexity index is 8.00. The van der Waals surface area contributed by atoms with Gasteiger partial charge in [0.15, 0.2) is 0 Å². The van der Waals surface area contributed by atoms with Crippen molar-refractivity contribution in [3.63, 3.8) is 0 Å². The van der Waals surface area contributed by atoms with Crippen LogP contribution in [0.15, 0.2) is 0 Å². The first-order valence-corrected chi connectivity index (χ1v) is 0. The number of rotatable bonds is 0. The van der Waals surface area contributed by atoms with Crippen molar-refractivity contribution >= 4 is 83.2 Å². The van der Waals surface area contributed by atoms with Gasteiger partial charge in [0.25, 0.3) is 0 Å². The van der Waals surface area contributed by atoms with Gasteiger partial charge in [-0.15, -0.1) is 0 Å². The van der Waals surface area contributed by atoms with E-state index in [2.05, 4.69) is 0 Å². The Labute approximate surface area is 127 Å². The average molecular weight is 271 g/mol. The Morgan fingerprint density at radius 1 is 1.00 bits per heavy atom. The summed E-state index contributed by atoms with van der Waals surface area (Å²) >= 11 is 0. The molecule has 0 saturated heterocycles. The van der Waals surface area contributed by atoms with Crippen molar-refractivity contribution < 1.29 is 47.9 Å². The van der Waals surface area contributed by atoms with Crippen molar-refractivity contribution in [2.45, 2.75) is 0 Å². The van der Waals surface area contributed by atoms with Crippen molar-refractivity contribution in [2.24, 2.45) is 0 Å². The van der Waals surface area contributed by atoms with Gasteiger partial charge >= 0.3 is 83.2 Å². The van der Waals surface area contributed by atoms with E-state index in [-0.39, 0.29) is 131 Å². The summed E-state index contributed by atoms with van der Waals surface area (Å²) in [5.41, 5.74) is 0. The molecular formula is H4CaSrTiZr. The molecule has 0 aliphatic rings. The summed E-state index contributed by atoms with van der Waals surface area (Å²) < 4.78 is 0. The van der Waals surface area contributed by atoms with E-state index in [1.807, 2.05) is 0 Å². The van der Waals surface area contributed by atoms with Crippen LogP contribution < -0.4 is 0 Å². The molecule has 4 heteroatoms. The first kappa shape index (κ1) is 23.9. The summed E-state index contributed by atoms with van der Waals surface area (Å²) in [6.07, 6.45) is 0. The Morgan fingerprint density at radius 3 is 1.00 bits per heavy atom. The molecule has 0 heterocycles. The fraction of sp³-hybridized carbons (Fsp3) is 0. The normalized spacial score (nSPS) is 0. The van der Waals surface area contributed by atoms with Crippen molar-refractivity contribution in [1.29, 1.82) is 0 Å². The summed E-state index contributed by atoms with van der Waals surface area (Å²) in [4.78, 5) is 0. The Hall–Kier alpha value is 4.34. The first-order valence-electron chi connectivity index (χ1n) is 0. The second kappa shape index (κ2) is 15.7. The number of hydrogen-bond acceptors (Lipinski definition) is 0. The largest absolute Gasteiger partial charge is 0 e. The minimum absolute atomic E-state index is 0. The van der Waals surface area contributed by atoms with Gasteiger partial charge < -0.3 is 0 Å². The second-order valence-electron chi connectivity index (χ2n) is 0. The molecule has 0 atom stereocenters. The van der Waals surface area contributed by atoms with Crippen LogP contribution in [0.4, 0.5) is 0 Å². The predicted octanol–water partition coefficient (Wildman–Crippen LogP) is -1.84. The molecule has 0 radical (unpaired) electrons. The molecule has 0 bridgehead atoms. The van der Waals surface area contributed by atoms with Gasteiger partial charge in [-0.1, -0.05) is 0 Å². The first-order chi connectivity index (χ1) is 0. The molecule has 0 aromatic carbocycles. The Kier molecular flexibility index (Phi) is 93.4. The van der Waals surface area contributed by atoms with E-state index in [4.69, 9.17) is 0 Å². The van der Waals surface area contributed by atoms with Gasteiger partial charge in [0.05, 0.1) is 0 Å². The van der Waals surface area contributed by atoms with Gasteiger partial charge in [0.2, 0.25) is 0 Å². The van der Waals surface area contributed by atoms with Crippen LogP contribution in [0.25, 0.3) is 0 Å². The van der Waals surface area contributed by atoms with E-state index in [0.29, 0.717) is 0 Å². The van der Waals surface area contributed by atoms with Crippen LogP contribution in [-0.4, -0.2) is 83.2 Å².